The van der Waals surface area contributed by atoms with Gasteiger partial charge in [-0.25, -0.2) is 9.07 Å². The van der Waals surface area contributed by atoms with E-state index in [-0.39, 0.29) is 11.4 Å². The largest absolute Gasteiger partial charge is 0.328 e. The minimum absolute atomic E-state index is 0.00937. The zero-order valence-electron chi connectivity index (χ0n) is 19.2. The molecular weight excluding hydrogens is 515 g/mol. The summed E-state index contributed by atoms with van der Waals surface area (Å²) in [5.41, 5.74) is 6.23. The van der Waals surface area contributed by atoms with Crippen LogP contribution in [-0.4, -0.2) is 22.4 Å². The van der Waals surface area contributed by atoms with Crippen molar-refractivity contribution in [3.05, 3.63) is 93.3 Å². The van der Waals surface area contributed by atoms with Crippen molar-refractivity contribution in [1.82, 2.24) is 4.68 Å². The molecule has 0 bridgehead atoms. The van der Waals surface area contributed by atoms with E-state index in [1.54, 1.807) is 30.3 Å². The third kappa shape index (κ3) is 5.09. The van der Waals surface area contributed by atoms with E-state index in [0.29, 0.717) is 16.6 Å². The Morgan fingerprint density at radius 3 is 2.23 bits per heavy atom. The molecule has 0 spiro atoms. The van der Waals surface area contributed by atoms with Crippen molar-refractivity contribution in [3.63, 3.8) is 0 Å². The van der Waals surface area contributed by atoms with Crippen LogP contribution in [0.5, 0.6) is 0 Å². The predicted octanol–water partition coefficient (Wildman–Crippen LogP) is 5.43. The first-order valence-corrected chi connectivity index (χ1v) is 11.5. The minimum atomic E-state index is -0.968. The standard InChI is InChI=1S/C26H22BrFN4O3/c1-14-10-15(2)23(16(3)11-14)30-25(34)26(35)31-32-21-9-8-18(27)12-17(21)13-22(32)24(33)29-20-7-5-4-6-19(20)28/h4-13H,1-3H3,(H,29,33)(H,30,34)(H,31,35). The molecule has 0 aliphatic heterocycles. The number of benzene rings is 3. The number of carbonyl (C=O) groups is 3. The second-order valence-electron chi connectivity index (χ2n) is 8.17. The molecule has 4 rings (SSSR count). The number of nitrogens with one attached hydrogen (secondary N) is 3. The Kier molecular flexibility index (Phi) is 6.70. The van der Waals surface area contributed by atoms with Gasteiger partial charge >= 0.3 is 11.8 Å². The van der Waals surface area contributed by atoms with E-state index in [0.717, 1.165) is 21.2 Å². The lowest BCUT2D eigenvalue weighted by Gasteiger charge is -2.15. The SMILES string of the molecule is Cc1cc(C)c(NC(=O)C(=O)Nn2c(C(=O)Nc3ccccc3F)cc3cc(Br)ccc32)c(C)c1. The molecule has 0 aliphatic carbocycles. The maximum absolute atomic E-state index is 14.1. The van der Waals surface area contributed by atoms with Gasteiger partial charge in [-0.2, -0.15) is 0 Å². The van der Waals surface area contributed by atoms with E-state index in [2.05, 4.69) is 32.0 Å². The molecule has 35 heavy (non-hydrogen) atoms. The zero-order valence-corrected chi connectivity index (χ0v) is 20.8. The molecule has 178 valence electrons. The van der Waals surface area contributed by atoms with Crippen molar-refractivity contribution in [1.29, 1.82) is 0 Å². The Balaban J connectivity index is 1.65. The number of amides is 3. The highest BCUT2D eigenvalue weighted by Crippen LogP contribution is 2.25. The fraction of sp³-hybridized carbons (Fsp3) is 0.115. The molecule has 0 saturated heterocycles. The lowest BCUT2D eigenvalue weighted by Crippen LogP contribution is -2.36. The van der Waals surface area contributed by atoms with E-state index >= 15 is 0 Å². The van der Waals surface area contributed by atoms with Gasteiger partial charge in [0.15, 0.2) is 0 Å². The van der Waals surface area contributed by atoms with Crippen molar-refractivity contribution < 1.29 is 18.8 Å². The number of hydrogen-bond acceptors (Lipinski definition) is 3. The number of hydrogen-bond donors (Lipinski definition) is 3. The first kappa shape index (κ1) is 24.2. The number of rotatable bonds is 4. The third-order valence-electron chi connectivity index (χ3n) is 5.45. The number of nitrogens with zero attached hydrogens (tertiary/aromatic N) is 1. The Morgan fingerprint density at radius 2 is 1.54 bits per heavy atom. The molecule has 0 atom stereocenters. The summed E-state index contributed by atoms with van der Waals surface area (Å²) in [5.74, 6) is -3.11. The first-order chi connectivity index (χ1) is 16.6. The van der Waals surface area contributed by atoms with Crippen LogP contribution in [0.15, 0.2) is 65.1 Å². The maximum Gasteiger partial charge on any atom is 0.328 e. The van der Waals surface area contributed by atoms with Gasteiger partial charge in [-0.05, 0) is 68.3 Å². The average Bonchev–Trinajstić information content (AvgIpc) is 3.14. The van der Waals surface area contributed by atoms with Crippen molar-refractivity contribution in [3.8, 4) is 0 Å². The molecule has 7 nitrogen and oxygen atoms in total. The summed E-state index contributed by atoms with van der Waals surface area (Å²) in [7, 11) is 0. The van der Waals surface area contributed by atoms with Gasteiger partial charge in [0, 0.05) is 15.5 Å². The van der Waals surface area contributed by atoms with Crippen LogP contribution < -0.4 is 16.1 Å². The molecule has 3 aromatic carbocycles. The van der Waals surface area contributed by atoms with Crippen LogP contribution in [0.3, 0.4) is 0 Å². The molecule has 0 fully saturated rings. The van der Waals surface area contributed by atoms with Gasteiger partial charge in [-0.15, -0.1) is 0 Å². The molecule has 4 aromatic rings. The minimum Gasteiger partial charge on any atom is -0.318 e. The fourth-order valence-corrected chi connectivity index (χ4v) is 4.30. The highest BCUT2D eigenvalue weighted by Gasteiger charge is 2.22. The van der Waals surface area contributed by atoms with E-state index < -0.39 is 23.5 Å². The summed E-state index contributed by atoms with van der Waals surface area (Å²) >= 11 is 3.39. The molecule has 0 unspecified atom stereocenters. The smallest absolute Gasteiger partial charge is 0.318 e. The molecule has 1 aromatic heterocycles. The Labute approximate surface area is 209 Å². The molecule has 0 aliphatic rings. The summed E-state index contributed by atoms with van der Waals surface area (Å²) in [6.07, 6.45) is 0. The first-order valence-electron chi connectivity index (χ1n) is 10.7. The molecular formula is C26H22BrFN4O3. The predicted molar refractivity (Wildman–Crippen MR) is 138 cm³/mol. The van der Waals surface area contributed by atoms with Crippen molar-refractivity contribution >= 4 is 55.9 Å². The number of para-hydroxylation sites is 1. The highest BCUT2D eigenvalue weighted by atomic mass is 79.9. The Hall–Kier alpha value is -3.98. The third-order valence-corrected chi connectivity index (χ3v) is 5.95. The summed E-state index contributed by atoms with van der Waals surface area (Å²) < 4.78 is 16.1. The summed E-state index contributed by atoms with van der Waals surface area (Å²) in [4.78, 5) is 38.6. The maximum atomic E-state index is 14.1. The summed E-state index contributed by atoms with van der Waals surface area (Å²) in [5, 5.41) is 5.78. The van der Waals surface area contributed by atoms with Crippen LogP contribution in [0.4, 0.5) is 15.8 Å². The van der Waals surface area contributed by atoms with Gasteiger partial charge in [-0.3, -0.25) is 19.8 Å². The van der Waals surface area contributed by atoms with Crippen LogP contribution in [0.25, 0.3) is 10.9 Å². The van der Waals surface area contributed by atoms with Gasteiger partial charge in [0.05, 0.1) is 11.2 Å². The fourth-order valence-electron chi connectivity index (χ4n) is 3.92. The van der Waals surface area contributed by atoms with E-state index in [1.807, 2.05) is 32.9 Å². The van der Waals surface area contributed by atoms with E-state index in [9.17, 15) is 18.8 Å². The van der Waals surface area contributed by atoms with Crippen LogP contribution in [0, 0.1) is 26.6 Å². The highest BCUT2D eigenvalue weighted by molar-refractivity contribution is 9.10. The number of fused-ring (bicyclic) bond motifs is 1. The van der Waals surface area contributed by atoms with Crippen LogP contribution in [0.2, 0.25) is 0 Å². The second-order valence-corrected chi connectivity index (χ2v) is 9.09. The number of aromatic nitrogens is 1. The quantitative estimate of drug-likeness (QED) is 0.303. The number of carbonyl (C=O) groups excluding carboxylic acids is 3. The lowest BCUT2D eigenvalue weighted by molar-refractivity contribution is -0.133. The van der Waals surface area contributed by atoms with Crippen molar-refractivity contribution in [2.75, 3.05) is 16.1 Å². The van der Waals surface area contributed by atoms with Crippen molar-refractivity contribution in [2.24, 2.45) is 0 Å². The van der Waals surface area contributed by atoms with Gasteiger partial charge in [0.2, 0.25) is 0 Å². The Bertz CT molecular complexity index is 1470. The number of halogens is 2. The molecule has 1 heterocycles. The van der Waals surface area contributed by atoms with Crippen LogP contribution in [-0.2, 0) is 9.59 Å². The molecule has 0 saturated carbocycles. The molecule has 9 heteroatoms. The summed E-state index contributed by atoms with van der Waals surface area (Å²) in [6.45, 7) is 5.63. The van der Waals surface area contributed by atoms with Crippen LogP contribution in [0.1, 0.15) is 27.2 Å². The second kappa shape index (κ2) is 9.71. The molecule has 0 radical (unpaired) electrons. The lowest BCUT2D eigenvalue weighted by atomic mass is 10.1. The van der Waals surface area contributed by atoms with Gasteiger partial charge in [0.25, 0.3) is 5.91 Å². The van der Waals surface area contributed by atoms with Gasteiger partial charge < -0.3 is 10.6 Å². The zero-order chi connectivity index (χ0) is 25.3. The van der Waals surface area contributed by atoms with Gasteiger partial charge in [0.1, 0.15) is 11.5 Å². The van der Waals surface area contributed by atoms with Crippen molar-refractivity contribution in [2.45, 2.75) is 20.8 Å². The average molecular weight is 537 g/mol. The Morgan fingerprint density at radius 1 is 0.857 bits per heavy atom. The number of anilines is 2. The normalized spacial score (nSPS) is 10.8. The topological polar surface area (TPSA) is 92.2 Å². The van der Waals surface area contributed by atoms with Crippen LogP contribution >= 0.6 is 15.9 Å². The molecule has 3 N–H and O–H groups in total. The molecule has 3 amide bonds. The monoisotopic (exact) mass is 536 g/mol. The van der Waals surface area contributed by atoms with E-state index in [4.69, 9.17) is 0 Å². The number of aryl methyl sites for hydroxylation is 3. The van der Waals surface area contributed by atoms with Gasteiger partial charge in [-0.1, -0.05) is 45.8 Å². The summed E-state index contributed by atoms with van der Waals surface area (Å²) in [6, 6.07) is 16.3. The van der Waals surface area contributed by atoms with E-state index in [1.165, 1.54) is 22.9 Å².